The number of amides is 1. The fourth-order valence-corrected chi connectivity index (χ4v) is 3.31. The Kier molecular flexibility index (Phi) is 5.13. The summed E-state index contributed by atoms with van der Waals surface area (Å²) in [5, 5.41) is 3.14. The van der Waals surface area contributed by atoms with Crippen LogP contribution in [0.3, 0.4) is 0 Å². The summed E-state index contributed by atoms with van der Waals surface area (Å²) in [6.07, 6.45) is 1.61. The zero-order valence-electron chi connectivity index (χ0n) is 15.3. The minimum absolute atomic E-state index is 0.0280. The monoisotopic (exact) mass is 360 g/mol. The predicted molar refractivity (Wildman–Crippen MR) is 99.4 cm³/mol. The van der Waals surface area contributed by atoms with Crippen LogP contribution in [-0.4, -0.2) is 62.5 Å². The summed E-state index contributed by atoms with van der Waals surface area (Å²) in [6.45, 7) is 4.20. The first-order valence-corrected chi connectivity index (χ1v) is 8.67. The maximum absolute atomic E-state index is 12.1. The molecular formula is C18H24N4O4. The van der Waals surface area contributed by atoms with E-state index in [-0.39, 0.29) is 11.9 Å². The van der Waals surface area contributed by atoms with E-state index in [1.807, 2.05) is 36.0 Å². The molecule has 2 heterocycles. The number of hydrogen-bond acceptors (Lipinski definition) is 7. The molecule has 1 N–H and O–H groups in total. The van der Waals surface area contributed by atoms with Crippen molar-refractivity contribution in [2.75, 3.05) is 57.0 Å². The number of carbonyl (C=O) groups is 1. The zero-order chi connectivity index (χ0) is 18.8. The van der Waals surface area contributed by atoms with Gasteiger partial charge in [0.25, 0.3) is 10.9 Å². The summed E-state index contributed by atoms with van der Waals surface area (Å²) >= 11 is 0. The number of rotatable bonds is 6. The molecule has 0 spiro atoms. The minimum Gasteiger partial charge on any atom is -0.468 e. The van der Waals surface area contributed by atoms with E-state index in [9.17, 15) is 14.4 Å². The average molecular weight is 360 g/mol. The van der Waals surface area contributed by atoms with Crippen LogP contribution in [0.1, 0.15) is 18.7 Å². The molecule has 140 valence electrons. The van der Waals surface area contributed by atoms with E-state index < -0.39 is 10.9 Å². The van der Waals surface area contributed by atoms with E-state index in [2.05, 4.69) is 5.32 Å². The lowest BCUT2D eigenvalue weighted by molar-refractivity contribution is -0.129. The number of nitrogens with one attached hydrogen (secondary N) is 1. The van der Waals surface area contributed by atoms with Crippen molar-refractivity contribution in [1.29, 1.82) is 0 Å². The molecule has 8 heteroatoms. The van der Waals surface area contributed by atoms with Crippen molar-refractivity contribution in [2.24, 2.45) is 0 Å². The molecule has 2 aromatic rings. The van der Waals surface area contributed by atoms with Crippen LogP contribution in [0.15, 0.2) is 32.4 Å². The molecular weight excluding hydrogens is 336 g/mol. The van der Waals surface area contributed by atoms with Gasteiger partial charge in [0, 0.05) is 39.6 Å². The molecule has 1 amide bonds. The van der Waals surface area contributed by atoms with E-state index in [1.54, 1.807) is 11.2 Å². The number of piperazine rings is 1. The fourth-order valence-electron chi connectivity index (χ4n) is 3.31. The molecule has 1 saturated heterocycles. The molecule has 1 atom stereocenters. The highest BCUT2D eigenvalue weighted by Gasteiger charge is 2.30. The SMILES string of the molecule is CC(=O)N1CCN(c2c(NCC(c3ccco3)N(C)C)c(=O)c2=O)CC1. The number of anilines is 2. The number of hydrogen-bond donors (Lipinski definition) is 1. The van der Waals surface area contributed by atoms with Gasteiger partial charge in [-0.25, -0.2) is 0 Å². The van der Waals surface area contributed by atoms with Crippen LogP contribution < -0.4 is 21.1 Å². The average Bonchev–Trinajstić information content (AvgIpc) is 3.14. The Morgan fingerprint density at radius 2 is 1.92 bits per heavy atom. The van der Waals surface area contributed by atoms with Gasteiger partial charge in [-0.15, -0.1) is 0 Å². The second kappa shape index (κ2) is 7.33. The minimum atomic E-state index is -0.481. The highest BCUT2D eigenvalue weighted by atomic mass is 16.3. The van der Waals surface area contributed by atoms with Crippen molar-refractivity contribution < 1.29 is 9.21 Å². The Morgan fingerprint density at radius 3 is 2.46 bits per heavy atom. The zero-order valence-corrected chi connectivity index (χ0v) is 15.3. The Labute approximate surface area is 151 Å². The topological polar surface area (TPSA) is 86.1 Å². The molecule has 3 rings (SSSR count). The van der Waals surface area contributed by atoms with E-state index in [0.717, 1.165) is 5.76 Å². The van der Waals surface area contributed by atoms with E-state index in [4.69, 9.17) is 4.42 Å². The summed E-state index contributed by atoms with van der Waals surface area (Å²) in [7, 11) is 3.86. The molecule has 0 radical (unpaired) electrons. The Balaban J connectivity index is 1.70. The summed E-state index contributed by atoms with van der Waals surface area (Å²) in [4.78, 5) is 41.2. The number of furan rings is 1. The normalized spacial score (nSPS) is 16.3. The van der Waals surface area contributed by atoms with Crippen LogP contribution in [0.2, 0.25) is 0 Å². The molecule has 8 nitrogen and oxygen atoms in total. The molecule has 0 aliphatic carbocycles. The molecule has 1 aliphatic heterocycles. The van der Waals surface area contributed by atoms with E-state index in [0.29, 0.717) is 44.1 Å². The Hall–Kier alpha value is -2.61. The molecule has 1 aromatic heterocycles. The van der Waals surface area contributed by atoms with Crippen LogP contribution in [-0.2, 0) is 4.79 Å². The predicted octanol–water partition coefficient (Wildman–Crippen LogP) is 0.259. The highest BCUT2D eigenvalue weighted by molar-refractivity contribution is 5.77. The van der Waals surface area contributed by atoms with Gasteiger partial charge in [0.1, 0.15) is 17.1 Å². The number of likely N-dealkylation sites (N-methyl/N-ethyl adjacent to an activating group) is 1. The van der Waals surface area contributed by atoms with E-state index in [1.165, 1.54) is 6.92 Å². The molecule has 1 unspecified atom stereocenters. The molecule has 26 heavy (non-hydrogen) atoms. The van der Waals surface area contributed by atoms with Gasteiger partial charge in [0.15, 0.2) is 0 Å². The first-order chi connectivity index (χ1) is 12.4. The second-order valence-corrected chi connectivity index (χ2v) is 6.75. The Morgan fingerprint density at radius 1 is 1.23 bits per heavy atom. The van der Waals surface area contributed by atoms with Crippen LogP contribution in [0, 0.1) is 0 Å². The van der Waals surface area contributed by atoms with Crippen LogP contribution in [0.4, 0.5) is 11.4 Å². The molecule has 1 fully saturated rings. The van der Waals surface area contributed by atoms with Crippen molar-refractivity contribution in [3.8, 4) is 0 Å². The standard InChI is InChI=1S/C18H24N4O4/c1-12(23)21-6-8-22(9-7-21)16-15(17(24)18(16)25)19-11-13(20(2)3)14-5-4-10-26-14/h4-5,10,13,19H,6-9,11H2,1-3H3. The summed E-state index contributed by atoms with van der Waals surface area (Å²) in [5.41, 5.74) is -0.131. The third-order valence-corrected chi connectivity index (χ3v) is 4.89. The number of nitrogens with zero attached hydrogens (tertiary/aromatic N) is 3. The summed E-state index contributed by atoms with van der Waals surface area (Å²) in [6, 6.07) is 3.65. The quantitative estimate of drug-likeness (QED) is 0.740. The molecule has 0 saturated carbocycles. The van der Waals surface area contributed by atoms with Crippen molar-refractivity contribution >= 4 is 17.3 Å². The lowest BCUT2D eigenvalue weighted by Crippen LogP contribution is -2.52. The first-order valence-electron chi connectivity index (χ1n) is 8.67. The highest BCUT2D eigenvalue weighted by Crippen LogP contribution is 2.24. The third-order valence-electron chi connectivity index (χ3n) is 4.89. The van der Waals surface area contributed by atoms with Gasteiger partial charge in [0.05, 0.1) is 12.3 Å². The number of carbonyl (C=O) groups excluding carboxylic acids is 1. The maximum Gasteiger partial charge on any atom is 0.253 e. The van der Waals surface area contributed by atoms with Crippen molar-refractivity contribution in [2.45, 2.75) is 13.0 Å². The van der Waals surface area contributed by atoms with Gasteiger partial charge in [-0.05, 0) is 26.2 Å². The first kappa shape index (κ1) is 18.2. The maximum atomic E-state index is 12.1. The molecule has 1 aliphatic rings. The Bertz CT molecular complexity index is 828. The van der Waals surface area contributed by atoms with Crippen LogP contribution in [0.5, 0.6) is 0 Å². The van der Waals surface area contributed by atoms with Crippen LogP contribution >= 0.6 is 0 Å². The van der Waals surface area contributed by atoms with Gasteiger partial charge in [-0.1, -0.05) is 0 Å². The summed E-state index contributed by atoms with van der Waals surface area (Å²) in [5.74, 6) is 0.818. The van der Waals surface area contributed by atoms with Gasteiger partial charge in [-0.2, -0.15) is 0 Å². The van der Waals surface area contributed by atoms with E-state index >= 15 is 0 Å². The largest absolute Gasteiger partial charge is 0.468 e. The fraction of sp³-hybridized carbons (Fsp3) is 0.500. The third kappa shape index (κ3) is 3.37. The summed E-state index contributed by atoms with van der Waals surface area (Å²) < 4.78 is 5.47. The van der Waals surface area contributed by atoms with Gasteiger partial charge < -0.3 is 19.5 Å². The second-order valence-electron chi connectivity index (χ2n) is 6.75. The van der Waals surface area contributed by atoms with Gasteiger partial charge in [0.2, 0.25) is 5.91 Å². The van der Waals surface area contributed by atoms with Crippen molar-refractivity contribution in [3.63, 3.8) is 0 Å². The van der Waals surface area contributed by atoms with Crippen molar-refractivity contribution in [3.05, 3.63) is 44.6 Å². The van der Waals surface area contributed by atoms with Gasteiger partial charge in [-0.3, -0.25) is 19.3 Å². The molecule has 0 bridgehead atoms. The lowest BCUT2D eigenvalue weighted by atomic mass is 10.1. The lowest BCUT2D eigenvalue weighted by Gasteiger charge is -2.36. The van der Waals surface area contributed by atoms with Crippen LogP contribution in [0.25, 0.3) is 0 Å². The van der Waals surface area contributed by atoms with Gasteiger partial charge >= 0.3 is 0 Å². The molecule has 1 aromatic carbocycles. The van der Waals surface area contributed by atoms with Crippen molar-refractivity contribution in [1.82, 2.24) is 9.80 Å². The smallest absolute Gasteiger partial charge is 0.253 e.